The quantitative estimate of drug-likeness (QED) is 0.0275. The van der Waals surface area contributed by atoms with Crippen molar-refractivity contribution >= 4 is 64.7 Å². The van der Waals surface area contributed by atoms with Crippen molar-refractivity contribution < 1.29 is 141 Å². The molecule has 3 saturated heterocycles. The predicted octanol–water partition coefficient (Wildman–Crippen LogP) is -2.73. The van der Waals surface area contributed by atoms with Crippen molar-refractivity contribution in [1.82, 2.24) is 53.2 Å². The van der Waals surface area contributed by atoms with Crippen LogP contribution in [0.1, 0.15) is 208 Å². The van der Waals surface area contributed by atoms with E-state index in [-0.39, 0.29) is 203 Å². The molecule has 39 heteroatoms. The summed E-state index contributed by atoms with van der Waals surface area (Å²) in [6, 6.07) is -3.12. The molecule has 0 saturated carbocycles. The molecule has 0 aliphatic carbocycles. The largest absolute Gasteiger partial charge is 0.394 e. The van der Waals surface area contributed by atoms with Crippen LogP contribution in [0, 0.1) is 5.41 Å². The molecule has 3 rings (SSSR count). The van der Waals surface area contributed by atoms with Gasteiger partial charge in [-0.1, -0.05) is 59.3 Å². The van der Waals surface area contributed by atoms with Gasteiger partial charge in [-0.2, -0.15) is 0 Å². The first-order valence-corrected chi connectivity index (χ1v) is 41.9. The van der Waals surface area contributed by atoms with Crippen LogP contribution in [0.15, 0.2) is 0 Å². The number of ether oxygens (including phenoxy) is 9. The van der Waals surface area contributed by atoms with Crippen molar-refractivity contribution in [2.24, 2.45) is 5.41 Å². The fourth-order valence-corrected chi connectivity index (χ4v) is 13.1. The van der Waals surface area contributed by atoms with E-state index in [1.807, 2.05) is 20.8 Å². The van der Waals surface area contributed by atoms with Gasteiger partial charge in [0, 0.05) is 137 Å². The lowest BCUT2D eigenvalue weighted by Crippen LogP contribution is -2.64. The summed E-state index contributed by atoms with van der Waals surface area (Å²) in [4.78, 5) is 139. The highest BCUT2D eigenvalue weighted by Gasteiger charge is 2.49. The van der Waals surface area contributed by atoms with Gasteiger partial charge in [0.2, 0.25) is 53.2 Å². The molecule has 14 atom stereocenters. The number of nitrogens with one attached hydrogen (secondary N) is 10. The minimum Gasteiger partial charge on any atom is -0.394 e. The summed E-state index contributed by atoms with van der Waals surface area (Å²) in [5, 5.41) is 119. The van der Waals surface area contributed by atoms with Crippen LogP contribution in [0.5, 0.6) is 0 Å². The Balaban J connectivity index is 1.57. The molecule has 0 aromatic rings. The molecular formula is C79H142N10O29. The van der Waals surface area contributed by atoms with Gasteiger partial charge in [-0.05, 0) is 77.2 Å². The molecule has 9 amide bonds. The Morgan fingerprint density at radius 2 is 0.737 bits per heavy atom. The third-order valence-corrected chi connectivity index (χ3v) is 19.9. The van der Waals surface area contributed by atoms with E-state index in [9.17, 15) is 98.7 Å². The second-order valence-electron chi connectivity index (χ2n) is 31.6. The Hall–Kier alpha value is -6.19. The van der Waals surface area contributed by atoms with Gasteiger partial charge in [0.1, 0.15) is 77.5 Å². The lowest BCUT2D eigenvalue weighted by molar-refractivity contribution is -0.285. The van der Waals surface area contributed by atoms with Crippen molar-refractivity contribution in [3.05, 3.63) is 0 Å². The van der Waals surface area contributed by atoms with E-state index in [4.69, 9.17) is 42.6 Å². The van der Waals surface area contributed by atoms with Gasteiger partial charge in [0.25, 0.3) is 0 Å². The van der Waals surface area contributed by atoms with E-state index in [2.05, 4.69) is 53.2 Å². The summed E-state index contributed by atoms with van der Waals surface area (Å²) in [7, 11) is 0. The molecule has 0 aromatic carbocycles. The molecule has 19 N–H and O–H groups in total. The van der Waals surface area contributed by atoms with Crippen molar-refractivity contribution in [3.63, 3.8) is 0 Å². The summed E-state index contributed by atoms with van der Waals surface area (Å²) in [5.74, 6) is -3.13. The third-order valence-electron chi connectivity index (χ3n) is 19.9. The number of amides is 9. The Bertz CT molecular complexity index is 2920. The average Bonchev–Trinajstić information content (AvgIpc) is 0.799. The molecule has 39 nitrogen and oxygen atoms in total. The van der Waals surface area contributed by atoms with E-state index in [0.29, 0.717) is 77.2 Å². The van der Waals surface area contributed by atoms with Gasteiger partial charge in [-0.3, -0.25) is 52.7 Å². The number of ketones is 2. The number of carbonyl (C=O) groups excluding carboxylic acids is 11. The summed E-state index contributed by atoms with van der Waals surface area (Å²) in [6.07, 6.45) is -1.16. The van der Waals surface area contributed by atoms with Gasteiger partial charge in [-0.15, -0.1) is 0 Å². The van der Waals surface area contributed by atoms with Gasteiger partial charge in [0.05, 0.1) is 78.7 Å². The van der Waals surface area contributed by atoms with Crippen molar-refractivity contribution in [2.45, 2.75) is 299 Å². The number of unbranched alkanes of at least 4 members (excludes halogenated alkanes) is 10. The third kappa shape index (κ3) is 44.6. The highest BCUT2D eigenvalue weighted by Crippen LogP contribution is 2.31. The molecule has 682 valence electrons. The van der Waals surface area contributed by atoms with E-state index in [1.165, 1.54) is 20.8 Å². The first-order valence-electron chi connectivity index (χ1n) is 41.9. The standard InChI is InChI=1S/C79H142N10O29/c1-53(94)86-67-57(98)44-79(48-92,49-93)118-76(67)115-40-20-17-27-62(101)82-35-23-37-85-65(104)31-43-112-52-78(89-66(105)28-14-12-10-8-7-9-11-13-25-60(99)77(4,5)6,51-111-42-30-64(103)84-36-22-34-81-61(100)26-16-19-39-114-75-69(88-55(3)96)73(109)71(107)59(47-91)117-75)50-110-41-29-63(102)83-33-21-32-80-45-56(97)24-15-18-38-113-74-68(87-54(2)95)72(108)70(106)58(46-90)116-74/h57-59,67-76,80,90-93,98,106-109H,7-52H2,1-6H3,(H,81,100)(H,82,101)(H,83,102)(H,84,103)(H,85,104)(H,86,94)(H,87,95)(H,88,96)(H,89,105)/t57?,58?,59?,67?,68?,69-,70+,71+,72?,73?,74+,75+,76+,78?/m0/s1. The zero-order valence-corrected chi connectivity index (χ0v) is 70.2. The number of rotatable bonds is 66. The second-order valence-corrected chi connectivity index (χ2v) is 31.6. The minimum atomic E-state index is -1.47. The zero-order valence-electron chi connectivity index (χ0n) is 70.2. The molecule has 118 heavy (non-hydrogen) atoms. The van der Waals surface area contributed by atoms with Gasteiger partial charge in [0.15, 0.2) is 18.9 Å². The minimum absolute atomic E-state index is 0.0657. The maximum atomic E-state index is 14.0. The number of hydrogen-bond donors (Lipinski definition) is 19. The highest BCUT2D eigenvalue weighted by atomic mass is 16.7. The Labute approximate surface area is 693 Å². The number of aliphatic hydroxyl groups is 9. The van der Waals surface area contributed by atoms with E-state index >= 15 is 0 Å². The van der Waals surface area contributed by atoms with Crippen LogP contribution in [-0.2, 0) is 95.4 Å². The number of hydrogen-bond acceptors (Lipinski definition) is 30. The molecule has 8 unspecified atom stereocenters. The lowest BCUT2D eigenvalue weighted by Gasteiger charge is -2.45. The first-order chi connectivity index (χ1) is 56.3. The number of carbonyl (C=O) groups is 11. The monoisotopic (exact) mass is 1690 g/mol. The molecule has 0 radical (unpaired) electrons. The maximum absolute atomic E-state index is 14.0. The van der Waals surface area contributed by atoms with E-state index in [0.717, 1.165) is 44.9 Å². The van der Waals surface area contributed by atoms with Crippen molar-refractivity contribution in [3.8, 4) is 0 Å². The fraction of sp³-hybridized carbons (Fsp3) is 0.861. The topological polar surface area (TPSA) is 573 Å². The van der Waals surface area contributed by atoms with Crippen LogP contribution in [0.4, 0.5) is 0 Å². The van der Waals surface area contributed by atoms with Crippen LogP contribution in [0.2, 0.25) is 0 Å². The summed E-state index contributed by atoms with van der Waals surface area (Å²) < 4.78 is 52.6. The molecule has 3 aliphatic heterocycles. The highest BCUT2D eigenvalue weighted by molar-refractivity contribution is 5.83. The Morgan fingerprint density at radius 3 is 1.13 bits per heavy atom. The van der Waals surface area contributed by atoms with Gasteiger partial charge < -0.3 is 142 Å². The lowest BCUT2D eigenvalue weighted by atomic mass is 9.88. The smallest absolute Gasteiger partial charge is 0.222 e. The summed E-state index contributed by atoms with van der Waals surface area (Å²) >= 11 is 0. The van der Waals surface area contributed by atoms with Crippen LogP contribution in [0.25, 0.3) is 0 Å². The predicted molar refractivity (Wildman–Crippen MR) is 425 cm³/mol. The summed E-state index contributed by atoms with van der Waals surface area (Å²) in [6.45, 7) is 8.11. The molecular weight excluding hydrogens is 1550 g/mol. The SMILES string of the molecule is CC(=O)NC1C(O)CC(CO)(CO)O[C@H]1OCCCCC(=O)NCCCNC(=O)CCOCC(COCCC(=O)NCCCNCC(=O)CCCCO[C@@H]1OC(CO)[C@@H](O)C(O)C1NC(C)=O)(COCCC(=O)NCCCNC(=O)CCCCO[C@@H]1OC(CO)[C@@H](O)C(O)[C@@H]1NC(C)=O)NC(=O)CCCCCCCCCCC(=O)C(C)(C)C. The van der Waals surface area contributed by atoms with Crippen LogP contribution < -0.4 is 53.2 Å². The molecule has 0 spiro atoms. The van der Waals surface area contributed by atoms with Crippen LogP contribution >= 0.6 is 0 Å². The van der Waals surface area contributed by atoms with Gasteiger partial charge >= 0.3 is 0 Å². The summed E-state index contributed by atoms with van der Waals surface area (Å²) in [5.41, 5.74) is -3.23. The van der Waals surface area contributed by atoms with Gasteiger partial charge in [-0.25, -0.2) is 0 Å². The Kier molecular flexibility index (Phi) is 54.2. The number of Topliss-reactive ketones (excluding diaryl/α,β-unsaturated/α-hetero) is 2. The first kappa shape index (κ1) is 106. The molecule has 3 aliphatic rings. The normalized spacial score (nSPS) is 22.9. The molecule has 3 fully saturated rings. The Morgan fingerprint density at radius 1 is 0.390 bits per heavy atom. The fourth-order valence-electron chi connectivity index (χ4n) is 13.1. The molecule has 0 aromatic heterocycles. The van der Waals surface area contributed by atoms with Crippen molar-refractivity contribution in [1.29, 1.82) is 0 Å². The maximum Gasteiger partial charge on any atom is 0.222 e. The zero-order chi connectivity index (χ0) is 87.3. The second kappa shape index (κ2) is 60.3. The van der Waals surface area contributed by atoms with E-state index in [1.54, 1.807) is 0 Å². The number of aliphatic hydroxyl groups excluding tert-OH is 9. The van der Waals surface area contributed by atoms with E-state index < -0.39 is 135 Å². The average molecular weight is 1700 g/mol. The molecule has 0 bridgehead atoms. The van der Waals surface area contributed by atoms with Crippen LogP contribution in [0.3, 0.4) is 0 Å². The molecule has 3 heterocycles. The van der Waals surface area contributed by atoms with Crippen molar-refractivity contribution in [2.75, 3.05) is 132 Å². The van der Waals surface area contributed by atoms with Crippen LogP contribution in [-0.4, -0.2) is 333 Å².